The lowest BCUT2D eigenvalue weighted by atomic mass is 10.1. The Morgan fingerprint density at radius 2 is 0.409 bits per heavy atom. The Labute approximate surface area is 522 Å². The molecule has 4 aromatic carbocycles. The molecule has 88 heavy (non-hydrogen) atoms. The molecule has 0 aliphatic carbocycles. The molecule has 0 fully saturated rings. The Morgan fingerprint density at radius 1 is 0.250 bits per heavy atom. The summed E-state index contributed by atoms with van der Waals surface area (Å²) in [5.41, 5.74) is 4.93. The summed E-state index contributed by atoms with van der Waals surface area (Å²) in [7, 11) is 0. The zero-order valence-electron chi connectivity index (χ0n) is 55.5. The van der Waals surface area contributed by atoms with Gasteiger partial charge in [0.25, 0.3) is 0 Å². The van der Waals surface area contributed by atoms with E-state index in [-0.39, 0.29) is 0 Å². The molecular formula is C72H98N8O8. The van der Waals surface area contributed by atoms with Crippen LogP contribution in [0.5, 0.6) is 46.0 Å². The number of H-pyrrole nitrogens is 2. The van der Waals surface area contributed by atoms with E-state index in [1.165, 1.54) is 0 Å². The first-order chi connectivity index (χ1) is 42.5. The summed E-state index contributed by atoms with van der Waals surface area (Å²) < 4.78 is 53.7. The first-order valence-electron chi connectivity index (χ1n) is 33.1. The highest BCUT2D eigenvalue weighted by molar-refractivity contribution is 6.08. The molecule has 7 aromatic rings. The van der Waals surface area contributed by atoms with E-state index in [0.717, 1.165) is 95.2 Å². The van der Waals surface area contributed by atoms with E-state index in [2.05, 4.69) is 121 Å². The zero-order chi connectivity index (χ0) is 62.8. The van der Waals surface area contributed by atoms with Crippen molar-refractivity contribution in [2.24, 2.45) is 47.3 Å². The number of rotatable bonds is 32. The van der Waals surface area contributed by atoms with Crippen LogP contribution < -0.4 is 37.9 Å². The number of nitrogens with zero attached hydrogens (tertiary/aromatic N) is 6. The van der Waals surface area contributed by atoms with E-state index in [9.17, 15) is 0 Å². The molecule has 8 unspecified atom stereocenters. The number of aromatic amines is 2. The maximum absolute atomic E-state index is 6.71. The van der Waals surface area contributed by atoms with E-state index < -0.39 is 0 Å². The van der Waals surface area contributed by atoms with Gasteiger partial charge in [0, 0.05) is 43.8 Å². The Morgan fingerprint density at radius 3 is 0.568 bits per heavy atom. The minimum atomic E-state index is 0.302. The summed E-state index contributed by atoms with van der Waals surface area (Å²) in [6.07, 6.45) is 7.67. The van der Waals surface area contributed by atoms with Gasteiger partial charge in [0.2, 0.25) is 0 Å². The number of aromatic nitrogens is 8. The van der Waals surface area contributed by atoms with Gasteiger partial charge in [-0.25, -0.2) is 29.9 Å². The molecule has 8 atom stereocenters. The van der Waals surface area contributed by atoms with Crippen molar-refractivity contribution in [3.63, 3.8) is 0 Å². The molecule has 5 heterocycles. The molecule has 9 rings (SSSR count). The number of benzene rings is 4. The van der Waals surface area contributed by atoms with Crippen LogP contribution in [-0.4, -0.2) is 92.7 Å². The average Bonchev–Trinajstić information content (AvgIpc) is 4.43. The van der Waals surface area contributed by atoms with Crippen LogP contribution in [0.3, 0.4) is 0 Å². The van der Waals surface area contributed by atoms with Crippen molar-refractivity contribution >= 4 is 44.1 Å². The quantitative estimate of drug-likeness (QED) is 0.0406. The highest BCUT2D eigenvalue weighted by Crippen LogP contribution is 2.47. The molecule has 0 amide bonds. The first kappa shape index (κ1) is 65.1. The molecular weight excluding hydrogens is 1100 g/mol. The van der Waals surface area contributed by atoms with Crippen molar-refractivity contribution in [2.75, 3.05) is 52.9 Å². The second kappa shape index (κ2) is 29.8. The summed E-state index contributed by atoms with van der Waals surface area (Å²) >= 11 is 0. The van der Waals surface area contributed by atoms with Gasteiger partial charge in [0.1, 0.15) is 22.6 Å². The van der Waals surface area contributed by atoms with E-state index in [0.29, 0.717) is 192 Å². The minimum Gasteiger partial charge on any atom is -0.489 e. The third kappa shape index (κ3) is 15.2. The SMILES string of the molecule is CCC(C)COc1cc2c(cc1OCC(C)CC)-c1nc-2nc2[nH]c(nc3nc(nc4[nH]c(n1)c1cc(OCC(C)CC)c(OCC(C)CC)cc41)-c1cc(OCC(C)CC)c(OCC(C)CC)cc1-3)c1cc(OCC(C)CC)c(OCC(C)CC)cc21. The van der Waals surface area contributed by atoms with Crippen molar-refractivity contribution in [3.8, 4) is 91.5 Å². The summed E-state index contributed by atoms with van der Waals surface area (Å²) in [6, 6.07) is 16.2. The molecule has 2 N–H and O–H groups in total. The molecule has 0 radical (unpaired) electrons. The van der Waals surface area contributed by atoms with E-state index >= 15 is 0 Å². The fourth-order valence-electron chi connectivity index (χ4n) is 9.52. The number of hydrogen-bond acceptors (Lipinski definition) is 14. The zero-order valence-corrected chi connectivity index (χ0v) is 55.5. The lowest BCUT2D eigenvalue weighted by Gasteiger charge is -2.18. The Balaban J connectivity index is 1.44. The van der Waals surface area contributed by atoms with Crippen molar-refractivity contribution in [2.45, 2.75) is 162 Å². The smallest absolute Gasteiger partial charge is 0.164 e. The summed E-state index contributed by atoms with van der Waals surface area (Å²) in [6.45, 7) is 39.0. The second-order valence-electron chi connectivity index (χ2n) is 25.6. The standard InChI is InChI=1S/C72H98N8O8/c1-17-41(9)33-81-57-25-49-50(26-58(57)82-34-42(10)18-2)66-73-65(49)77-67-51-27-59(83-35-43(11)19-3)60(84-36-44(12)20-4)28-52(51)69(74-67)79-71-55-31-63(87-39-47(15)23-7)64(88-40-48(16)24-8)32-56(55)72(76-71)80-70-54-30-62(86-38-46(14)22-6)61(85-37-45(13)21-5)29-53(54)68(75-70)78-66/h25-32,41-48H,17-24,33-40H2,1-16H3,(H2,73,74,75,76,77,78,79,80). The highest BCUT2D eigenvalue weighted by Gasteiger charge is 2.29. The van der Waals surface area contributed by atoms with Crippen molar-refractivity contribution in [3.05, 3.63) is 48.5 Å². The molecule has 474 valence electrons. The van der Waals surface area contributed by atoms with Crippen LogP contribution in [0.4, 0.5) is 0 Å². The average molecular weight is 1200 g/mol. The van der Waals surface area contributed by atoms with Crippen LogP contribution in [0.15, 0.2) is 48.5 Å². The van der Waals surface area contributed by atoms with E-state index in [1.54, 1.807) is 0 Å². The van der Waals surface area contributed by atoms with Crippen LogP contribution in [0.1, 0.15) is 162 Å². The molecule has 0 spiro atoms. The summed E-state index contributed by atoms with van der Waals surface area (Å²) in [5.74, 6) is 9.00. The lowest BCUT2D eigenvalue weighted by Crippen LogP contribution is -2.11. The fourth-order valence-corrected chi connectivity index (χ4v) is 9.52. The highest BCUT2D eigenvalue weighted by atomic mass is 16.5. The third-order valence-electron chi connectivity index (χ3n) is 17.8. The number of nitrogens with one attached hydrogen (secondary N) is 2. The van der Waals surface area contributed by atoms with E-state index in [1.807, 2.05) is 48.5 Å². The molecule has 0 saturated heterocycles. The topological polar surface area (TPSA) is 183 Å². The van der Waals surface area contributed by atoms with Gasteiger partial charge >= 0.3 is 0 Å². The summed E-state index contributed by atoms with van der Waals surface area (Å²) in [4.78, 5) is 40.2. The van der Waals surface area contributed by atoms with Gasteiger partial charge in [0.05, 0.1) is 52.9 Å². The molecule has 0 saturated carbocycles. The van der Waals surface area contributed by atoms with Crippen LogP contribution in [0, 0.1) is 47.3 Å². The molecule has 3 aromatic heterocycles. The van der Waals surface area contributed by atoms with Gasteiger partial charge in [-0.2, -0.15) is 0 Å². The van der Waals surface area contributed by atoms with Gasteiger partial charge < -0.3 is 47.9 Å². The van der Waals surface area contributed by atoms with Gasteiger partial charge in [0.15, 0.2) is 69.3 Å². The van der Waals surface area contributed by atoms with Crippen LogP contribution >= 0.6 is 0 Å². The molecule has 16 nitrogen and oxygen atoms in total. The molecule has 2 aliphatic rings. The second-order valence-corrected chi connectivity index (χ2v) is 25.6. The van der Waals surface area contributed by atoms with Gasteiger partial charge in [-0.3, -0.25) is 0 Å². The Hall–Kier alpha value is -7.36. The van der Waals surface area contributed by atoms with Crippen molar-refractivity contribution < 1.29 is 37.9 Å². The predicted molar refractivity (Wildman–Crippen MR) is 356 cm³/mol. The van der Waals surface area contributed by atoms with Gasteiger partial charge in [-0.15, -0.1) is 0 Å². The fraction of sp³-hybridized carbons (Fsp3) is 0.556. The Bertz CT molecular complexity index is 3230. The van der Waals surface area contributed by atoms with Gasteiger partial charge in [-0.05, 0) is 95.9 Å². The largest absolute Gasteiger partial charge is 0.489 e. The maximum atomic E-state index is 6.71. The Kier molecular flexibility index (Phi) is 22.0. The minimum absolute atomic E-state index is 0.302. The molecule has 16 heteroatoms. The third-order valence-corrected chi connectivity index (χ3v) is 17.8. The molecule has 2 aliphatic heterocycles. The van der Waals surface area contributed by atoms with Crippen molar-refractivity contribution in [1.82, 2.24) is 39.9 Å². The first-order valence-corrected chi connectivity index (χ1v) is 33.1. The van der Waals surface area contributed by atoms with E-state index in [4.69, 9.17) is 67.8 Å². The van der Waals surface area contributed by atoms with Gasteiger partial charge in [-0.1, -0.05) is 162 Å². The van der Waals surface area contributed by atoms with Crippen LogP contribution in [0.25, 0.3) is 89.7 Å². The number of fused-ring (bicyclic) bond motifs is 20. The normalized spacial score (nSPS) is 14.7. The van der Waals surface area contributed by atoms with Crippen LogP contribution in [-0.2, 0) is 0 Å². The predicted octanol–water partition coefficient (Wildman–Crippen LogP) is 18.3. The maximum Gasteiger partial charge on any atom is 0.164 e. The van der Waals surface area contributed by atoms with Crippen molar-refractivity contribution in [1.29, 1.82) is 0 Å². The number of ether oxygens (including phenoxy) is 8. The monoisotopic (exact) mass is 1200 g/mol. The number of hydrogen-bond donors (Lipinski definition) is 2. The van der Waals surface area contributed by atoms with Crippen LogP contribution in [0.2, 0.25) is 0 Å². The summed E-state index contributed by atoms with van der Waals surface area (Å²) in [5, 5.41) is 3.02. The molecule has 8 bridgehead atoms. The lowest BCUT2D eigenvalue weighted by molar-refractivity contribution is 0.218.